The molecular weight excluding hydrogens is 460 g/mol. The van der Waals surface area contributed by atoms with Crippen molar-refractivity contribution in [1.82, 2.24) is 0 Å². The molecule has 0 saturated heterocycles. The van der Waals surface area contributed by atoms with Crippen LogP contribution in [0.3, 0.4) is 0 Å². The molecule has 0 bridgehead atoms. The van der Waals surface area contributed by atoms with Crippen molar-refractivity contribution >= 4 is 38.3 Å². The van der Waals surface area contributed by atoms with Crippen LogP contribution in [-0.2, 0) is 19.0 Å². The minimum absolute atomic E-state index is 0. The Bertz CT molecular complexity index is 1080. The Morgan fingerprint density at radius 3 is 1.94 bits per heavy atom. The van der Waals surface area contributed by atoms with Gasteiger partial charge in [-0.3, -0.25) is 4.79 Å². The van der Waals surface area contributed by atoms with Crippen LogP contribution in [0.1, 0.15) is 32.6 Å². The van der Waals surface area contributed by atoms with Crippen LogP contribution in [0.2, 0.25) is 0 Å². The summed E-state index contributed by atoms with van der Waals surface area (Å²) in [5.74, 6) is 0.471. The van der Waals surface area contributed by atoms with Gasteiger partial charge in [0.1, 0.15) is 12.4 Å². The fourth-order valence-corrected chi connectivity index (χ4v) is 4.14. The predicted molar refractivity (Wildman–Crippen MR) is 116 cm³/mol. The number of hydrogen-bond donors (Lipinski definition) is 0. The van der Waals surface area contributed by atoms with E-state index in [-0.39, 0.29) is 25.5 Å². The zero-order chi connectivity index (χ0) is 23.5. The molecule has 0 aliphatic rings. The van der Waals surface area contributed by atoms with E-state index in [2.05, 4.69) is 0 Å². The van der Waals surface area contributed by atoms with Gasteiger partial charge in [0.25, 0.3) is 0 Å². The fourth-order valence-electron chi connectivity index (χ4n) is 3.06. The number of alkyl halides is 6. The average Bonchev–Trinajstić information content (AvgIpc) is 2.73. The van der Waals surface area contributed by atoms with Crippen molar-refractivity contribution in [3.63, 3.8) is 0 Å². The molecule has 0 aromatic heterocycles. The van der Waals surface area contributed by atoms with E-state index in [9.17, 15) is 31.1 Å². The van der Waals surface area contributed by atoms with E-state index < -0.39 is 43.1 Å². The second-order valence-corrected chi connectivity index (χ2v) is 8.17. The van der Waals surface area contributed by atoms with Crippen LogP contribution in [-0.4, -0.2) is 24.4 Å². The first-order valence-corrected chi connectivity index (χ1v) is 10.3. The van der Waals surface area contributed by atoms with Crippen molar-refractivity contribution in [2.45, 2.75) is 25.9 Å². The van der Waals surface area contributed by atoms with Gasteiger partial charge in [-0.1, -0.05) is 42.5 Å². The van der Waals surface area contributed by atoms with Gasteiger partial charge in [0.05, 0.1) is 11.1 Å². The summed E-state index contributed by atoms with van der Waals surface area (Å²) >= 11 is 0. The van der Waals surface area contributed by atoms with Crippen molar-refractivity contribution in [3.8, 4) is 5.75 Å². The van der Waals surface area contributed by atoms with Crippen molar-refractivity contribution in [1.29, 1.82) is 0 Å². The Labute approximate surface area is 200 Å². The zero-order valence-electron chi connectivity index (χ0n) is 17.6. The average molecular weight is 477 g/mol. The van der Waals surface area contributed by atoms with Gasteiger partial charge in [0.15, 0.2) is 5.52 Å². The number of carbonyl (C=O) groups excluding carboxylic acids is 1. The first-order chi connectivity index (χ1) is 15.0. The van der Waals surface area contributed by atoms with Crippen LogP contribution < -0.4 is 10.0 Å². The van der Waals surface area contributed by atoms with E-state index in [0.717, 1.165) is 5.56 Å². The molecule has 0 saturated carbocycles. The quantitative estimate of drug-likeness (QED) is 0.234. The summed E-state index contributed by atoms with van der Waals surface area (Å²) in [6.07, 6.45) is -10.2. The molecule has 0 fully saturated rings. The van der Waals surface area contributed by atoms with Gasteiger partial charge < -0.3 is 4.74 Å². The van der Waals surface area contributed by atoms with Gasteiger partial charge in [0, 0.05) is 24.4 Å². The topological polar surface area (TPSA) is 26.3 Å². The van der Waals surface area contributed by atoms with Crippen LogP contribution in [0.25, 0.3) is 0 Å². The molecule has 0 N–H and O–H groups in total. The summed E-state index contributed by atoms with van der Waals surface area (Å²) in [7, 11) is -0.918. The first kappa shape index (κ1) is 27.0. The Balaban J connectivity index is 0.00000385. The summed E-state index contributed by atoms with van der Waals surface area (Å²) in [5, 5.41) is 0.340. The number of aryl methyl sites for hydroxylation is 1. The van der Waals surface area contributed by atoms with Gasteiger partial charge in [0.2, 0.25) is 0 Å². The van der Waals surface area contributed by atoms with E-state index in [0.29, 0.717) is 34.8 Å². The fraction of sp³-hybridized carbons (Fsp3) is 0.174. The Morgan fingerprint density at radius 2 is 1.42 bits per heavy atom. The second-order valence-electron chi connectivity index (χ2n) is 6.93. The third-order valence-corrected chi connectivity index (χ3v) is 5.90. The van der Waals surface area contributed by atoms with Gasteiger partial charge in [-0.05, 0) is 56.2 Å². The monoisotopic (exact) mass is 477 g/mol. The van der Waals surface area contributed by atoms with Crippen LogP contribution in [0.15, 0.2) is 66.7 Å². The molecular formula is C23H17F6LiO2P. The summed E-state index contributed by atoms with van der Waals surface area (Å²) in [4.78, 5) is 12.7. The molecule has 1 unspecified atom stereocenters. The largest absolute Gasteiger partial charge is 0.489 e. The molecule has 0 amide bonds. The van der Waals surface area contributed by atoms with Crippen molar-refractivity contribution < 1.29 is 35.9 Å². The molecule has 0 heterocycles. The van der Waals surface area contributed by atoms with E-state index in [1.54, 1.807) is 13.0 Å². The predicted octanol–water partition coefficient (Wildman–Crippen LogP) is 6.38. The Kier molecular flexibility index (Phi) is 8.81. The van der Waals surface area contributed by atoms with Crippen molar-refractivity contribution in [2.75, 3.05) is 0 Å². The minimum atomic E-state index is -5.10. The second kappa shape index (κ2) is 10.8. The molecule has 169 valence electrons. The van der Waals surface area contributed by atoms with Crippen molar-refractivity contribution in [3.05, 3.63) is 94.5 Å². The van der Waals surface area contributed by atoms with E-state index in [4.69, 9.17) is 4.74 Å². The maximum Gasteiger partial charge on any atom is 0.417 e. The standard InChI is InChI=1S/C23H17F6O2P.Li/c1-14-12-16(31-13-15-6-3-2-4-7-15)10-11-19(14)32-21(30)20-17(22(24,25)26)8-5-9-18(20)23(27,28)29;/h2-12,32H,13H2,1H3;. The molecule has 3 aromatic rings. The molecule has 0 aliphatic carbocycles. The van der Waals surface area contributed by atoms with Crippen molar-refractivity contribution in [2.24, 2.45) is 0 Å². The van der Waals surface area contributed by atoms with E-state index >= 15 is 0 Å². The number of hydrogen-bond acceptors (Lipinski definition) is 2. The number of benzene rings is 3. The molecule has 3 aromatic carbocycles. The third kappa shape index (κ3) is 6.86. The van der Waals surface area contributed by atoms with Crippen LogP contribution in [0.5, 0.6) is 5.75 Å². The van der Waals surface area contributed by atoms with E-state index in [1.165, 1.54) is 12.1 Å². The summed E-state index contributed by atoms with van der Waals surface area (Å²) in [6, 6.07) is 15.6. The molecule has 3 rings (SSSR count). The van der Waals surface area contributed by atoms with Gasteiger partial charge in [-0.25, -0.2) is 0 Å². The van der Waals surface area contributed by atoms with Crippen LogP contribution in [0, 0.1) is 6.92 Å². The SMILES string of the molecule is Cc1cc(OCc2ccccc2)ccc1PC(=O)c1c(C(F)(F)F)cccc1C(F)(F)F.[Li]. The van der Waals surface area contributed by atoms with Gasteiger partial charge >= 0.3 is 12.4 Å². The number of rotatable bonds is 6. The summed E-state index contributed by atoms with van der Waals surface area (Å²) in [5.41, 5.74) is -4.31. The minimum Gasteiger partial charge on any atom is -0.489 e. The van der Waals surface area contributed by atoms with Crippen LogP contribution >= 0.6 is 8.58 Å². The van der Waals surface area contributed by atoms with Gasteiger partial charge in [-0.2, -0.15) is 26.3 Å². The number of ether oxygens (including phenoxy) is 1. The number of carbonyl (C=O) groups is 1. The first-order valence-electron chi connectivity index (χ1n) is 9.33. The van der Waals surface area contributed by atoms with Gasteiger partial charge in [-0.15, -0.1) is 0 Å². The maximum absolute atomic E-state index is 13.3. The summed E-state index contributed by atoms with van der Waals surface area (Å²) < 4.78 is 85.7. The van der Waals surface area contributed by atoms with E-state index in [1.807, 2.05) is 30.3 Å². The smallest absolute Gasteiger partial charge is 0.417 e. The Hall–Kier alpha value is -2.26. The molecule has 1 radical (unpaired) electrons. The molecule has 0 aliphatic heterocycles. The van der Waals surface area contributed by atoms with Crippen LogP contribution in [0.4, 0.5) is 26.3 Å². The maximum atomic E-state index is 13.3. The molecule has 2 nitrogen and oxygen atoms in total. The third-order valence-electron chi connectivity index (χ3n) is 4.60. The zero-order valence-corrected chi connectivity index (χ0v) is 18.6. The molecule has 1 atom stereocenters. The number of halogens is 6. The molecule has 0 spiro atoms. The normalized spacial score (nSPS) is 12.0. The molecule has 33 heavy (non-hydrogen) atoms. The Morgan fingerprint density at radius 1 is 0.848 bits per heavy atom. The summed E-state index contributed by atoms with van der Waals surface area (Å²) in [6.45, 7) is 1.90. The molecule has 10 heteroatoms.